The summed E-state index contributed by atoms with van der Waals surface area (Å²) >= 11 is 0. The summed E-state index contributed by atoms with van der Waals surface area (Å²) in [6.45, 7) is 2.81. The Kier molecular flexibility index (Phi) is 6.33. The number of carbonyl (C=O) groups is 1. The number of rotatable bonds is 5. The van der Waals surface area contributed by atoms with Crippen molar-refractivity contribution in [3.05, 3.63) is 65.7 Å². The second-order valence-electron chi connectivity index (χ2n) is 8.59. The van der Waals surface area contributed by atoms with Gasteiger partial charge in [-0.1, -0.05) is 49.2 Å². The molecular weight excluding hydrogens is 390 g/mol. The number of likely N-dealkylation sites (tertiary alicyclic amines) is 1. The largest absolute Gasteiger partial charge is 0.504 e. The number of benzene rings is 2. The third kappa shape index (κ3) is 4.47. The quantitative estimate of drug-likeness (QED) is 0.687. The molecule has 0 aromatic heterocycles. The van der Waals surface area contributed by atoms with Crippen molar-refractivity contribution < 1.29 is 19.7 Å². The highest BCUT2D eigenvalue weighted by atomic mass is 16.5. The maximum Gasteiger partial charge on any atom is 0.247 e. The lowest BCUT2D eigenvalue weighted by Crippen LogP contribution is -2.56. The molecule has 1 saturated carbocycles. The lowest BCUT2D eigenvalue weighted by atomic mass is 9.66. The molecule has 1 aliphatic carbocycles. The molecule has 1 amide bonds. The Morgan fingerprint density at radius 1 is 1.19 bits per heavy atom. The third-order valence-electron chi connectivity index (χ3n) is 6.69. The van der Waals surface area contributed by atoms with Gasteiger partial charge in [0.1, 0.15) is 0 Å². The molecule has 0 bridgehead atoms. The first kappa shape index (κ1) is 21.4. The summed E-state index contributed by atoms with van der Waals surface area (Å²) in [7, 11) is 0. The van der Waals surface area contributed by atoms with Gasteiger partial charge >= 0.3 is 0 Å². The minimum atomic E-state index is -0.757. The zero-order chi connectivity index (χ0) is 21.8. The van der Waals surface area contributed by atoms with E-state index >= 15 is 0 Å². The molecule has 5 heteroatoms. The van der Waals surface area contributed by atoms with E-state index in [9.17, 15) is 15.0 Å². The Morgan fingerprint density at radius 3 is 2.77 bits per heavy atom. The zero-order valence-electron chi connectivity index (χ0n) is 18.0. The van der Waals surface area contributed by atoms with Crippen molar-refractivity contribution in [1.29, 1.82) is 0 Å². The average Bonchev–Trinajstić information content (AvgIpc) is 2.79. The van der Waals surface area contributed by atoms with E-state index in [1.807, 2.05) is 60.4 Å². The molecule has 0 radical (unpaired) electrons. The number of fused-ring (bicyclic) bond motifs is 1. The minimum Gasteiger partial charge on any atom is -0.504 e. The normalized spacial score (nSPS) is 25.9. The lowest BCUT2D eigenvalue weighted by molar-refractivity contribution is -0.150. The summed E-state index contributed by atoms with van der Waals surface area (Å²) < 4.78 is 5.60. The summed E-state index contributed by atoms with van der Waals surface area (Å²) in [5.41, 5.74) is 1.11. The lowest BCUT2D eigenvalue weighted by Gasteiger charge is -2.52. The van der Waals surface area contributed by atoms with Crippen LogP contribution in [-0.2, 0) is 4.79 Å². The Balaban J connectivity index is 1.69. The SMILES string of the molecule is CCOc1cc([C@@H]2[C@@H]3CCCC[C@@]3(O)CCN2C(=O)/C=C/c2ccccc2)ccc1O. The van der Waals surface area contributed by atoms with Crippen LogP contribution in [0.25, 0.3) is 6.08 Å². The molecule has 1 aliphatic heterocycles. The smallest absolute Gasteiger partial charge is 0.247 e. The number of amides is 1. The van der Waals surface area contributed by atoms with Crippen molar-refractivity contribution in [1.82, 2.24) is 4.90 Å². The summed E-state index contributed by atoms with van der Waals surface area (Å²) in [5.74, 6) is 0.398. The molecule has 4 rings (SSSR count). The number of carbonyl (C=O) groups excluding carboxylic acids is 1. The van der Waals surface area contributed by atoms with Gasteiger partial charge in [0.05, 0.1) is 18.2 Å². The fraction of sp³-hybridized carbons (Fsp3) is 0.423. The second kappa shape index (κ2) is 9.15. The number of phenols is 1. The number of hydrogen-bond acceptors (Lipinski definition) is 4. The van der Waals surface area contributed by atoms with Crippen LogP contribution in [-0.4, -0.2) is 39.8 Å². The summed E-state index contributed by atoms with van der Waals surface area (Å²) in [4.78, 5) is 15.2. The van der Waals surface area contributed by atoms with Crippen molar-refractivity contribution in [3.63, 3.8) is 0 Å². The van der Waals surface area contributed by atoms with Crippen LogP contribution < -0.4 is 4.74 Å². The Morgan fingerprint density at radius 2 is 2.00 bits per heavy atom. The number of aromatic hydroxyl groups is 1. The number of aliphatic hydroxyl groups is 1. The molecule has 1 saturated heterocycles. The van der Waals surface area contributed by atoms with Gasteiger partial charge in [0, 0.05) is 18.5 Å². The van der Waals surface area contributed by atoms with Crippen LogP contribution in [0.2, 0.25) is 0 Å². The van der Waals surface area contributed by atoms with Gasteiger partial charge in [0.25, 0.3) is 0 Å². The van der Waals surface area contributed by atoms with E-state index in [2.05, 4.69) is 0 Å². The Bertz CT molecular complexity index is 942. The van der Waals surface area contributed by atoms with E-state index in [0.717, 1.165) is 36.8 Å². The predicted octanol–water partition coefficient (Wildman–Crippen LogP) is 4.70. The number of piperidine rings is 1. The van der Waals surface area contributed by atoms with E-state index in [-0.39, 0.29) is 23.6 Å². The zero-order valence-corrected chi connectivity index (χ0v) is 18.0. The number of ether oxygens (including phenoxy) is 1. The van der Waals surface area contributed by atoms with E-state index < -0.39 is 5.60 Å². The Labute approximate surface area is 184 Å². The molecule has 1 heterocycles. The van der Waals surface area contributed by atoms with Gasteiger partial charge in [-0.05, 0) is 55.5 Å². The predicted molar refractivity (Wildman–Crippen MR) is 121 cm³/mol. The first-order valence-electron chi connectivity index (χ1n) is 11.2. The Hall–Kier alpha value is -2.79. The molecule has 2 aromatic rings. The molecule has 0 unspecified atom stereocenters. The number of nitrogens with zero attached hydrogens (tertiary/aromatic N) is 1. The van der Waals surface area contributed by atoms with Crippen LogP contribution in [0, 0.1) is 5.92 Å². The van der Waals surface area contributed by atoms with E-state index in [0.29, 0.717) is 25.3 Å². The van der Waals surface area contributed by atoms with Gasteiger partial charge < -0.3 is 19.8 Å². The maximum atomic E-state index is 13.3. The molecule has 2 aliphatic rings. The monoisotopic (exact) mass is 421 g/mol. The highest BCUT2D eigenvalue weighted by molar-refractivity contribution is 5.92. The molecular formula is C26H31NO4. The maximum absolute atomic E-state index is 13.3. The van der Waals surface area contributed by atoms with Crippen molar-refractivity contribution in [3.8, 4) is 11.5 Å². The van der Waals surface area contributed by atoms with Crippen LogP contribution in [0.4, 0.5) is 0 Å². The van der Waals surface area contributed by atoms with E-state index in [1.165, 1.54) is 0 Å². The highest BCUT2D eigenvalue weighted by Crippen LogP contribution is 2.50. The minimum absolute atomic E-state index is 0.0388. The van der Waals surface area contributed by atoms with Gasteiger partial charge in [0.2, 0.25) is 5.91 Å². The first-order chi connectivity index (χ1) is 15.0. The van der Waals surface area contributed by atoms with Crippen molar-refractivity contribution in [2.24, 2.45) is 5.92 Å². The fourth-order valence-corrected chi connectivity index (χ4v) is 5.15. The topological polar surface area (TPSA) is 70.0 Å². The highest BCUT2D eigenvalue weighted by Gasteiger charge is 2.50. The van der Waals surface area contributed by atoms with Crippen molar-refractivity contribution in [2.75, 3.05) is 13.2 Å². The summed E-state index contributed by atoms with van der Waals surface area (Å²) in [6.07, 6.45) is 7.76. The number of hydrogen-bond donors (Lipinski definition) is 2. The summed E-state index contributed by atoms with van der Waals surface area (Å²) in [5, 5.41) is 21.6. The fourth-order valence-electron chi connectivity index (χ4n) is 5.15. The van der Waals surface area contributed by atoms with Crippen LogP contribution in [0.1, 0.15) is 56.2 Å². The van der Waals surface area contributed by atoms with Crippen LogP contribution in [0.5, 0.6) is 11.5 Å². The van der Waals surface area contributed by atoms with Gasteiger partial charge in [0.15, 0.2) is 11.5 Å². The van der Waals surface area contributed by atoms with Gasteiger partial charge in [-0.15, -0.1) is 0 Å². The summed E-state index contributed by atoms with van der Waals surface area (Å²) in [6, 6.07) is 14.8. The third-order valence-corrected chi connectivity index (χ3v) is 6.69. The van der Waals surface area contributed by atoms with Crippen molar-refractivity contribution in [2.45, 2.75) is 50.7 Å². The molecule has 0 spiro atoms. The van der Waals surface area contributed by atoms with E-state index in [4.69, 9.17) is 4.74 Å². The first-order valence-corrected chi connectivity index (χ1v) is 11.2. The van der Waals surface area contributed by atoms with E-state index in [1.54, 1.807) is 12.1 Å². The molecule has 2 aromatic carbocycles. The molecule has 2 N–H and O–H groups in total. The van der Waals surface area contributed by atoms with Crippen LogP contribution >= 0.6 is 0 Å². The molecule has 31 heavy (non-hydrogen) atoms. The number of phenolic OH excluding ortho intramolecular Hbond substituents is 1. The average molecular weight is 422 g/mol. The van der Waals surface area contributed by atoms with Gasteiger partial charge in [-0.2, -0.15) is 0 Å². The molecule has 2 fully saturated rings. The second-order valence-corrected chi connectivity index (χ2v) is 8.59. The van der Waals surface area contributed by atoms with Gasteiger partial charge in [-0.25, -0.2) is 0 Å². The molecule has 164 valence electrons. The molecule has 5 nitrogen and oxygen atoms in total. The standard InChI is InChI=1S/C26H31NO4/c1-2-31-23-18-20(12-13-22(23)28)25-21-10-6-7-15-26(21,30)16-17-27(25)24(29)14-11-19-8-4-3-5-9-19/h3-5,8-9,11-14,18,21,25,28,30H,2,6-7,10,15-17H2,1H3/b14-11+/t21-,25+,26+/m0/s1. The van der Waals surface area contributed by atoms with Crippen LogP contribution in [0.3, 0.4) is 0 Å². The van der Waals surface area contributed by atoms with Crippen molar-refractivity contribution >= 4 is 12.0 Å². The molecule has 3 atom stereocenters. The van der Waals surface area contributed by atoms with Gasteiger partial charge in [-0.3, -0.25) is 4.79 Å². The van der Waals surface area contributed by atoms with Crippen LogP contribution in [0.15, 0.2) is 54.6 Å².